The summed E-state index contributed by atoms with van der Waals surface area (Å²) < 4.78 is 42.9. The van der Waals surface area contributed by atoms with Crippen molar-refractivity contribution in [2.45, 2.75) is 6.61 Å². The topological polar surface area (TPSA) is 26.3 Å². The van der Waals surface area contributed by atoms with E-state index in [2.05, 4.69) is 4.74 Å². The Morgan fingerprint density at radius 1 is 0.667 bits per heavy atom. The van der Waals surface area contributed by atoms with Gasteiger partial charge in [-0.15, -0.1) is 0 Å². The second-order valence-corrected chi connectivity index (χ2v) is 7.92. The zero-order valence-corrected chi connectivity index (χ0v) is 13.6. The lowest BCUT2D eigenvalue weighted by atomic mass is 10.3. The number of ether oxygens (including phenoxy) is 1. The smallest absolute Gasteiger partial charge is 0.387 e. The van der Waals surface area contributed by atoms with Gasteiger partial charge in [0.1, 0.15) is 5.75 Å². The Balaban J connectivity index is 2.11. The summed E-state index contributed by atoms with van der Waals surface area (Å²) >= 11 is 0. The Morgan fingerprint density at radius 2 is 1.08 bits per heavy atom. The molecule has 0 spiro atoms. The highest BCUT2D eigenvalue weighted by Crippen LogP contribution is 2.42. The van der Waals surface area contributed by atoms with Crippen LogP contribution in [-0.2, 0) is 4.57 Å². The lowest BCUT2D eigenvalue weighted by molar-refractivity contribution is -0.0498. The van der Waals surface area contributed by atoms with Crippen LogP contribution < -0.4 is 20.7 Å². The Bertz CT molecular complexity index is 791. The predicted molar refractivity (Wildman–Crippen MR) is 92.5 cm³/mol. The largest absolute Gasteiger partial charge is 0.435 e. The van der Waals surface area contributed by atoms with E-state index in [9.17, 15) is 13.3 Å². The van der Waals surface area contributed by atoms with Crippen molar-refractivity contribution >= 4 is 23.1 Å². The molecule has 2 nitrogen and oxygen atoms in total. The average Bonchev–Trinajstić information content (AvgIpc) is 2.63. The van der Waals surface area contributed by atoms with Gasteiger partial charge in [0, 0.05) is 15.9 Å². The molecule has 122 valence electrons. The Morgan fingerprint density at radius 3 is 1.50 bits per heavy atom. The minimum Gasteiger partial charge on any atom is -0.435 e. The van der Waals surface area contributed by atoms with Crippen molar-refractivity contribution in [3.8, 4) is 5.75 Å². The third kappa shape index (κ3) is 3.24. The predicted octanol–water partition coefficient (Wildman–Crippen LogP) is 3.93. The molecule has 0 aromatic heterocycles. The third-order valence-corrected chi connectivity index (χ3v) is 6.74. The van der Waals surface area contributed by atoms with Crippen LogP contribution >= 0.6 is 7.14 Å². The molecule has 0 aliphatic rings. The van der Waals surface area contributed by atoms with Gasteiger partial charge in [-0.25, -0.2) is 0 Å². The normalized spacial score (nSPS) is 11.5. The van der Waals surface area contributed by atoms with Crippen LogP contribution in [0.15, 0.2) is 84.9 Å². The fourth-order valence-corrected chi connectivity index (χ4v) is 5.21. The summed E-state index contributed by atoms with van der Waals surface area (Å²) in [4.78, 5) is 0. The number of hydrogen-bond donors (Lipinski definition) is 0. The molecule has 5 heteroatoms. The fraction of sp³-hybridized carbons (Fsp3) is 0.0526. The van der Waals surface area contributed by atoms with Gasteiger partial charge < -0.3 is 9.30 Å². The van der Waals surface area contributed by atoms with Crippen molar-refractivity contribution in [3.05, 3.63) is 84.9 Å². The van der Waals surface area contributed by atoms with E-state index in [1.165, 1.54) is 12.1 Å². The van der Waals surface area contributed by atoms with E-state index in [1.54, 1.807) is 12.1 Å². The molecule has 3 rings (SSSR count). The molecule has 0 aliphatic carbocycles. The lowest BCUT2D eigenvalue weighted by Crippen LogP contribution is -2.24. The molecule has 0 saturated heterocycles. The highest BCUT2D eigenvalue weighted by atomic mass is 31.2. The first kappa shape index (κ1) is 16.4. The highest BCUT2D eigenvalue weighted by Gasteiger charge is 2.29. The van der Waals surface area contributed by atoms with Crippen LogP contribution in [0.2, 0.25) is 0 Å². The van der Waals surface area contributed by atoms with Gasteiger partial charge in [0.15, 0.2) is 7.14 Å². The Labute approximate surface area is 139 Å². The van der Waals surface area contributed by atoms with Crippen LogP contribution in [0.5, 0.6) is 5.75 Å². The summed E-state index contributed by atoms with van der Waals surface area (Å²) in [6.07, 6.45) is 0. The Kier molecular flexibility index (Phi) is 4.77. The van der Waals surface area contributed by atoms with Gasteiger partial charge in [-0.05, 0) is 24.3 Å². The van der Waals surface area contributed by atoms with Crippen molar-refractivity contribution in [2.24, 2.45) is 0 Å². The van der Waals surface area contributed by atoms with Crippen molar-refractivity contribution in [3.63, 3.8) is 0 Å². The van der Waals surface area contributed by atoms with E-state index in [4.69, 9.17) is 0 Å². The van der Waals surface area contributed by atoms with Gasteiger partial charge in [0.2, 0.25) is 0 Å². The molecule has 0 saturated carbocycles. The molecule has 0 aliphatic heterocycles. The minimum absolute atomic E-state index is 0.0430. The zero-order chi connectivity index (χ0) is 17.0. The van der Waals surface area contributed by atoms with Crippen LogP contribution in [0, 0.1) is 0 Å². The van der Waals surface area contributed by atoms with Gasteiger partial charge in [0.25, 0.3) is 0 Å². The first-order chi connectivity index (χ1) is 11.6. The van der Waals surface area contributed by atoms with Crippen LogP contribution in [-0.4, -0.2) is 6.61 Å². The monoisotopic (exact) mass is 344 g/mol. The molecular weight excluding hydrogens is 329 g/mol. The van der Waals surface area contributed by atoms with Gasteiger partial charge in [-0.3, -0.25) is 0 Å². The minimum atomic E-state index is -3.07. The summed E-state index contributed by atoms with van der Waals surface area (Å²) in [6.45, 7) is -2.88. The van der Waals surface area contributed by atoms with E-state index in [-0.39, 0.29) is 5.75 Å². The van der Waals surface area contributed by atoms with Crippen molar-refractivity contribution < 1.29 is 18.1 Å². The van der Waals surface area contributed by atoms with Crippen molar-refractivity contribution in [2.75, 3.05) is 0 Å². The number of hydrogen-bond acceptors (Lipinski definition) is 2. The van der Waals surface area contributed by atoms with E-state index in [0.29, 0.717) is 15.9 Å². The van der Waals surface area contributed by atoms with E-state index >= 15 is 0 Å². The summed E-state index contributed by atoms with van der Waals surface area (Å²) in [5.74, 6) is 0.0430. The van der Waals surface area contributed by atoms with E-state index in [1.807, 2.05) is 60.7 Å². The van der Waals surface area contributed by atoms with E-state index < -0.39 is 13.8 Å². The second kappa shape index (κ2) is 6.98. The molecule has 0 atom stereocenters. The van der Waals surface area contributed by atoms with Crippen LogP contribution in [0.3, 0.4) is 0 Å². The van der Waals surface area contributed by atoms with Gasteiger partial charge >= 0.3 is 6.61 Å². The van der Waals surface area contributed by atoms with E-state index in [0.717, 1.165) is 0 Å². The molecule has 3 aromatic rings. The average molecular weight is 344 g/mol. The van der Waals surface area contributed by atoms with Crippen molar-refractivity contribution in [1.29, 1.82) is 0 Å². The molecule has 0 unspecified atom stereocenters. The SMILES string of the molecule is O=P(c1ccccc1)(c1ccccc1)c1ccc(OC(F)F)cc1. The molecule has 0 radical (unpaired) electrons. The molecular formula is C19H15F2O2P. The van der Waals surface area contributed by atoms with Gasteiger partial charge in [-0.2, -0.15) is 8.78 Å². The maximum absolute atomic E-state index is 14.0. The summed E-state index contributed by atoms with van der Waals surface area (Å²) in [5.41, 5.74) is 0. The van der Waals surface area contributed by atoms with Gasteiger partial charge in [-0.1, -0.05) is 60.7 Å². The highest BCUT2D eigenvalue weighted by molar-refractivity contribution is 7.85. The summed E-state index contributed by atoms with van der Waals surface area (Å²) in [6, 6.07) is 24.3. The summed E-state index contributed by atoms with van der Waals surface area (Å²) in [5, 5.41) is 1.96. The van der Waals surface area contributed by atoms with Crippen LogP contribution in [0.25, 0.3) is 0 Å². The maximum Gasteiger partial charge on any atom is 0.387 e. The lowest BCUT2D eigenvalue weighted by Gasteiger charge is -2.20. The molecule has 0 amide bonds. The van der Waals surface area contributed by atoms with Crippen molar-refractivity contribution in [1.82, 2.24) is 0 Å². The number of alkyl halides is 2. The number of benzene rings is 3. The summed E-state index contributed by atoms with van der Waals surface area (Å²) in [7, 11) is -3.07. The van der Waals surface area contributed by atoms with Crippen LogP contribution in [0.1, 0.15) is 0 Å². The fourth-order valence-electron chi connectivity index (χ4n) is 2.56. The quantitative estimate of drug-likeness (QED) is 0.656. The number of rotatable bonds is 5. The number of halogens is 2. The molecule has 24 heavy (non-hydrogen) atoms. The first-order valence-electron chi connectivity index (χ1n) is 7.37. The molecule has 0 N–H and O–H groups in total. The maximum atomic E-state index is 14.0. The van der Waals surface area contributed by atoms with Crippen LogP contribution in [0.4, 0.5) is 8.78 Å². The van der Waals surface area contributed by atoms with Gasteiger partial charge in [0.05, 0.1) is 0 Å². The Hall–Kier alpha value is -2.45. The standard InChI is InChI=1S/C19H15F2O2P/c20-19(21)23-15-11-13-18(14-12-15)24(22,16-7-3-1-4-8-16)17-9-5-2-6-10-17/h1-14,19H. The zero-order valence-electron chi connectivity index (χ0n) is 12.7. The molecule has 3 aromatic carbocycles. The molecule has 0 fully saturated rings. The first-order valence-corrected chi connectivity index (χ1v) is 9.08. The molecule has 0 heterocycles. The molecule has 0 bridgehead atoms. The second-order valence-electron chi connectivity index (χ2n) is 5.15. The third-order valence-electron chi connectivity index (χ3n) is 3.67.